The van der Waals surface area contributed by atoms with Crippen LogP contribution in [0.25, 0.3) is 0 Å². The number of benzene rings is 1. The van der Waals surface area contributed by atoms with Crippen molar-refractivity contribution in [1.29, 1.82) is 0 Å². The molecule has 0 fully saturated rings. The Hall–Kier alpha value is -0.680. The van der Waals surface area contributed by atoms with Crippen molar-refractivity contribution in [1.82, 2.24) is 5.32 Å². The lowest BCUT2D eigenvalue weighted by Gasteiger charge is -2.19. The van der Waals surface area contributed by atoms with Crippen LogP contribution in [0, 0.1) is 0 Å². The number of nitrogens with one attached hydrogen (secondary N) is 1. The van der Waals surface area contributed by atoms with E-state index in [2.05, 4.69) is 44.1 Å². The van der Waals surface area contributed by atoms with E-state index in [0.717, 1.165) is 11.0 Å². The van der Waals surface area contributed by atoms with Gasteiger partial charge in [0.2, 0.25) is 0 Å². The first-order chi connectivity index (χ1) is 8.81. The Morgan fingerprint density at radius 2 is 2.11 bits per heavy atom. The summed E-state index contributed by atoms with van der Waals surface area (Å²) >= 11 is 5.27. The molecule has 2 aromatic rings. The van der Waals surface area contributed by atoms with E-state index >= 15 is 0 Å². The number of hydrogen-bond donors (Lipinski definition) is 2. The molecule has 1 aromatic heterocycles. The van der Waals surface area contributed by atoms with Crippen molar-refractivity contribution in [2.75, 3.05) is 6.61 Å². The Kier molecular flexibility index (Phi) is 5.38. The highest BCUT2D eigenvalue weighted by Gasteiger charge is 2.13. The van der Waals surface area contributed by atoms with Crippen molar-refractivity contribution in [3.05, 3.63) is 56.7 Å². The zero-order chi connectivity index (χ0) is 12.8. The van der Waals surface area contributed by atoms with Crippen LogP contribution in [0.15, 0.2) is 45.6 Å². The zero-order valence-corrected chi connectivity index (χ0v) is 12.4. The van der Waals surface area contributed by atoms with Gasteiger partial charge in [-0.1, -0.05) is 34.1 Å². The van der Waals surface area contributed by atoms with Crippen LogP contribution in [-0.4, -0.2) is 11.7 Å². The quantitative estimate of drug-likeness (QED) is 0.848. The molecule has 0 aliphatic carbocycles. The molecule has 0 radical (unpaired) electrons. The van der Waals surface area contributed by atoms with Crippen LogP contribution in [0.5, 0.6) is 0 Å². The van der Waals surface area contributed by atoms with Gasteiger partial charge in [-0.3, -0.25) is 0 Å². The van der Waals surface area contributed by atoms with E-state index in [4.69, 9.17) is 0 Å². The van der Waals surface area contributed by atoms with E-state index in [1.807, 2.05) is 18.2 Å². The standard InChI is InChI=1S/C14H16BrNOS/c15-13-4-2-1-3-12(13)14(5-7-17)16-9-11-6-8-18-10-11/h1-4,6,8,10,14,16-17H,5,7,9H2/t14-/m0/s1. The molecule has 0 saturated carbocycles. The van der Waals surface area contributed by atoms with Crippen LogP contribution >= 0.6 is 27.3 Å². The van der Waals surface area contributed by atoms with Gasteiger partial charge in [-0.05, 0) is 40.4 Å². The van der Waals surface area contributed by atoms with Crippen molar-refractivity contribution in [3.63, 3.8) is 0 Å². The fourth-order valence-electron chi connectivity index (χ4n) is 1.89. The second kappa shape index (κ2) is 7.04. The highest BCUT2D eigenvalue weighted by atomic mass is 79.9. The summed E-state index contributed by atoms with van der Waals surface area (Å²) in [6.45, 7) is 1.01. The molecule has 2 N–H and O–H groups in total. The Balaban J connectivity index is 2.06. The van der Waals surface area contributed by atoms with Crippen molar-refractivity contribution in [3.8, 4) is 0 Å². The highest BCUT2D eigenvalue weighted by molar-refractivity contribution is 9.10. The van der Waals surface area contributed by atoms with Gasteiger partial charge in [-0.2, -0.15) is 11.3 Å². The van der Waals surface area contributed by atoms with Gasteiger partial charge in [-0.15, -0.1) is 0 Å². The number of halogens is 1. The summed E-state index contributed by atoms with van der Waals surface area (Å²) in [4.78, 5) is 0. The van der Waals surface area contributed by atoms with Gasteiger partial charge in [0.1, 0.15) is 0 Å². The fraction of sp³-hybridized carbons (Fsp3) is 0.286. The molecule has 0 amide bonds. The maximum absolute atomic E-state index is 9.19. The van der Waals surface area contributed by atoms with Gasteiger partial charge < -0.3 is 10.4 Å². The predicted molar refractivity (Wildman–Crippen MR) is 79.7 cm³/mol. The Labute approximate surface area is 120 Å². The number of hydrogen-bond acceptors (Lipinski definition) is 3. The number of thiophene rings is 1. The summed E-state index contributed by atoms with van der Waals surface area (Å²) < 4.78 is 1.08. The van der Waals surface area contributed by atoms with E-state index in [1.165, 1.54) is 11.1 Å². The minimum atomic E-state index is 0.172. The van der Waals surface area contributed by atoms with Gasteiger partial charge in [0.25, 0.3) is 0 Å². The Morgan fingerprint density at radius 1 is 1.28 bits per heavy atom. The van der Waals surface area contributed by atoms with Crippen LogP contribution in [0.3, 0.4) is 0 Å². The van der Waals surface area contributed by atoms with Crippen LogP contribution in [-0.2, 0) is 6.54 Å². The summed E-state index contributed by atoms with van der Waals surface area (Å²) in [5, 5.41) is 16.9. The average molecular weight is 326 g/mol. The summed E-state index contributed by atoms with van der Waals surface area (Å²) in [7, 11) is 0. The smallest absolute Gasteiger partial charge is 0.0449 e. The first kappa shape index (κ1) is 13.7. The third kappa shape index (κ3) is 3.65. The van der Waals surface area contributed by atoms with Gasteiger partial charge in [0.05, 0.1) is 0 Å². The van der Waals surface area contributed by atoms with Gasteiger partial charge >= 0.3 is 0 Å². The van der Waals surface area contributed by atoms with Crippen molar-refractivity contribution >= 4 is 27.3 Å². The van der Waals surface area contributed by atoms with E-state index in [9.17, 15) is 5.11 Å². The monoisotopic (exact) mass is 325 g/mol. The van der Waals surface area contributed by atoms with Crippen molar-refractivity contribution in [2.24, 2.45) is 0 Å². The SMILES string of the molecule is OCC[C@H](NCc1ccsc1)c1ccccc1Br. The van der Waals surface area contributed by atoms with E-state index in [-0.39, 0.29) is 12.6 Å². The van der Waals surface area contributed by atoms with Crippen LogP contribution in [0.4, 0.5) is 0 Å². The number of rotatable bonds is 6. The second-order valence-electron chi connectivity index (χ2n) is 4.10. The summed E-state index contributed by atoms with van der Waals surface area (Å²) in [6, 6.07) is 10.4. The minimum absolute atomic E-state index is 0.172. The fourth-order valence-corrected chi connectivity index (χ4v) is 3.12. The predicted octanol–water partition coefficient (Wildman–Crippen LogP) is 3.72. The molecule has 1 aromatic carbocycles. The summed E-state index contributed by atoms with van der Waals surface area (Å²) in [5.41, 5.74) is 2.48. The molecule has 0 saturated heterocycles. The van der Waals surface area contributed by atoms with Crippen molar-refractivity contribution < 1.29 is 5.11 Å². The molecule has 4 heteroatoms. The molecule has 2 rings (SSSR count). The molecule has 0 unspecified atom stereocenters. The molecular weight excluding hydrogens is 310 g/mol. The maximum Gasteiger partial charge on any atom is 0.0449 e. The van der Waals surface area contributed by atoms with Gasteiger partial charge in [-0.25, -0.2) is 0 Å². The molecule has 96 valence electrons. The minimum Gasteiger partial charge on any atom is -0.396 e. The van der Waals surface area contributed by atoms with Crippen LogP contribution < -0.4 is 5.32 Å². The third-order valence-corrected chi connectivity index (χ3v) is 4.29. The number of aliphatic hydroxyl groups is 1. The van der Waals surface area contributed by atoms with Crippen LogP contribution in [0.2, 0.25) is 0 Å². The van der Waals surface area contributed by atoms with Crippen LogP contribution in [0.1, 0.15) is 23.6 Å². The lowest BCUT2D eigenvalue weighted by molar-refractivity contribution is 0.265. The van der Waals surface area contributed by atoms with Gasteiger partial charge in [0, 0.05) is 23.7 Å². The van der Waals surface area contributed by atoms with Gasteiger partial charge in [0.15, 0.2) is 0 Å². The molecule has 18 heavy (non-hydrogen) atoms. The Morgan fingerprint density at radius 3 is 2.78 bits per heavy atom. The van der Waals surface area contributed by atoms with E-state index in [0.29, 0.717) is 6.42 Å². The topological polar surface area (TPSA) is 32.3 Å². The van der Waals surface area contributed by atoms with E-state index in [1.54, 1.807) is 11.3 Å². The molecule has 2 nitrogen and oxygen atoms in total. The largest absolute Gasteiger partial charge is 0.396 e. The first-order valence-electron chi connectivity index (χ1n) is 5.91. The molecule has 1 heterocycles. The lowest BCUT2D eigenvalue weighted by atomic mass is 10.0. The molecule has 0 spiro atoms. The lowest BCUT2D eigenvalue weighted by Crippen LogP contribution is -2.22. The molecule has 0 aliphatic heterocycles. The Bertz CT molecular complexity index is 472. The normalized spacial score (nSPS) is 12.6. The maximum atomic E-state index is 9.19. The third-order valence-electron chi connectivity index (χ3n) is 2.83. The summed E-state index contributed by atoms with van der Waals surface area (Å²) in [5.74, 6) is 0. The first-order valence-corrected chi connectivity index (χ1v) is 7.64. The zero-order valence-electron chi connectivity index (χ0n) is 9.97. The number of aliphatic hydroxyl groups excluding tert-OH is 1. The van der Waals surface area contributed by atoms with E-state index < -0.39 is 0 Å². The second-order valence-corrected chi connectivity index (χ2v) is 5.73. The molecular formula is C14H16BrNOS. The van der Waals surface area contributed by atoms with Crippen molar-refractivity contribution in [2.45, 2.75) is 19.0 Å². The average Bonchev–Trinajstić information content (AvgIpc) is 2.88. The highest BCUT2D eigenvalue weighted by Crippen LogP contribution is 2.25. The molecule has 1 atom stereocenters. The summed E-state index contributed by atoms with van der Waals surface area (Å²) in [6.07, 6.45) is 0.715. The molecule has 0 aliphatic rings. The molecule has 0 bridgehead atoms.